The van der Waals surface area contributed by atoms with Gasteiger partial charge in [-0.05, 0) is 29.2 Å². The van der Waals surface area contributed by atoms with Crippen LogP contribution in [0.5, 0.6) is 0 Å². The molecule has 2 unspecified atom stereocenters. The highest BCUT2D eigenvalue weighted by Crippen LogP contribution is 2.36. The van der Waals surface area contributed by atoms with Gasteiger partial charge in [0.05, 0.1) is 27.5 Å². The van der Waals surface area contributed by atoms with Crippen LogP contribution in [-0.2, 0) is 6.54 Å². The van der Waals surface area contributed by atoms with Crippen molar-refractivity contribution in [3.8, 4) is 0 Å². The van der Waals surface area contributed by atoms with Crippen LogP contribution in [0.4, 0.5) is 5.95 Å². The van der Waals surface area contributed by atoms with E-state index in [2.05, 4.69) is 50.5 Å². The molecule has 2 atom stereocenters. The van der Waals surface area contributed by atoms with Crippen LogP contribution in [0.2, 0.25) is 15.1 Å². The molecule has 0 aliphatic carbocycles. The average molecular weight is 448 g/mol. The van der Waals surface area contributed by atoms with Gasteiger partial charge in [-0.1, -0.05) is 71.2 Å². The van der Waals surface area contributed by atoms with Gasteiger partial charge < -0.3 is 5.32 Å². The van der Waals surface area contributed by atoms with Crippen molar-refractivity contribution < 1.29 is 0 Å². The Morgan fingerprint density at radius 3 is 2.41 bits per heavy atom. The fourth-order valence-corrected chi connectivity index (χ4v) is 4.29. The van der Waals surface area contributed by atoms with Crippen molar-refractivity contribution in [1.29, 1.82) is 0 Å². The second-order valence-corrected chi connectivity index (χ2v) is 8.58. The van der Waals surface area contributed by atoms with Crippen molar-refractivity contribution in [2.45, 2.75) is 12.5 Å². The van der Waals surface area contributed by atoms with Crippen LogP contribution in [0.3, 0.4) is 0 Å². The number of likely N-dealkylation sites (tertiary alicyclic amines) is 1. The monoisotopic (exact) mass is 446 g/mol. The Labute approximate surface area is 185 Å². The number of rotatable bonds is 6. The zero-order valence-corrected chi connectivity index (χ0v) is 18.0. The molecule has 4 rings (SSSR count). The van der Waals surface area contributed by atoms with Gasteiger partial charge >= 0.3 is 0 Å². The second-order valence-electron chi connectivity index (χ2n) is 7.33. The molecule has 0 saturated carbocycles. The minimum absolute atomic E-state index is 0.341. The topological polar surface area (TPSA) is 41.1 Å². The Balaban J connectivity index is 1.51. The van der Waals surface area contributed by atoms with Crippen LogP contribution in [0.1, 0.15) is 17.0 Å². The molecule has 1 aliphatic heterocycles. The van der Waals surface area contributed by atoms with Crippen molar-refractivity contribution in [3.63, 3.8) is 0 Å². The van der Waals surface area contributed by atoms with Crippen LogP contribution in [-0.4, -0.2) is 34.5 Å². The molecule has 1 aliphatic rings. The third-order valence-electron chi connectivity index (χ3n) is 5.28. The molecule has 3 aromatic rings. The molecule has 0 bridgehead atoms. The first kappa shape index (κ1) is 20.4. The van der Waals surface area contributed by atoms with Gasteiger partial charge in [-0.25, -0.2) is 9.97 Å². The maximum atomic E-state index is 6.30. The number of hydrogen-bond acceptors (Lipinski definition) is 4. The first-order valence-electron chi connectivity index (χ1n) is 9.51. The molecule has 1 N–H and O–H groups in total. The van der Waals surface area contributed by atoms with E-state index in [1.807, 2.05) is 18.2 Å². The number of benzene rings is 2. The van der Waals surface area contributed by atoms with Crippen LogP contribution in [0.25, 0.3) is 0 Å². The van der Waals surface area contributed by atoms with Crippen LogP contribution in [0, 0.1) is 5.92 Å². The fraction of sp³-hybridized carbons (Fsp3) is 0.273. The number of hydrogen-bond donors (Lipinski definition) is 1. The number of aromatic nitrogens is 2. The Morgan fingerprint density at radius 2 is 1.69 bits per heavy atom. The molecular formula is C22H21Cl3N4. The highest BCUT2D eigenvalue weighted by atomic mass is 35.5. The lowest BCUT2D eigenvalue weighted by Crippen LogP contribution is -2.23. The fourth-order valence-electron chi connectivity index (χ4n) is 3.88. The summed E-state index contributed by atoms with van der Waals surface area (Å²) < 4.78 is 0. The third-order valence-corrected chi connectivity index (χ3v) is 6.21. The lowest BCUT2D eigenvalue weighted by Gasteiger charge is -2.19. The Hall–Kier alpha value is -1.85. The summed E-state index contributed by atoms with van der Waals surface area (Å²) in [5, 5.41) is 5.06. The molecule has 1 fully saturated rings. The Kier molecular flexibility index (Phi) is 6.56. The molecule has 0 amide bonds. The molecule has 7 heteroatoms. The number of nitrogens with zero attached hydrogens (tertiary/aromatic N) is 3. The van der Waals surface area contributed by atoms with Crippen molar-refractivity contribution in [2.24, 2.45) is 5.92 Å². The molecule has 4 nitrogen and oxygen atoms in total. The maximum Gasteiger partial charge on any atom is 0.222 e. The normalized spacial score (nSPS) is 19.4. The number of halogens is 3. The van der Waals surface area contributed by atoms with E-state index < -0.39 is 0 Å². The zero-order valence-electron chi connectivity index (χ0n) is 15.7. The SMILES string of the molecule is Clc1cnc(NCC2CN(Cc3ccccc3)CC2c2ccc(Cl)c(Cl)c2)nc1. The van der Waals surface area contributed by atoms with E-state index in [0.717, 1.165) is 26.2 Å². The van der Waals surface area contributed by atoms with Gasteiger partial charge in [-0.3, -0.25) is 4.90 Å². The summed E-state index contributed by atoms with van der Waals surface area (Å²) in [7, 11) is 0. The Morgan fingerprint density at radius 1 is 0.931 bits per heavy atom. The van der Waals surface area contributed by atoms with Gasteiger partial charge in [-0.2, -0.15) is 0 Å². The van der Waals surface area contributed by atoms with Gasteiger partial charge in [0.2, 0.25) is 5.95 Å². The summed E-state index contributed by atoms with van der Waals surface area (Å²) in [6.45, 7) is 3.62. The predicted octanol–water partition coefficient (Wildman–Crippen LogP) is 5.76. The standard InChI is InChI=1S/C22H21Cl3N4/c23-18-10-27-22(28-11-18)26-9-17-13-29(12-15-4-2-1-3-5-15)14-19(17)16-6-7-20(24)21(25)8-16/h1-8,10-11,17,19H,9,12-14H2,(H,26,27,28). The quantitative estimate of drug-likeness (QED) is 0.521. The maximum absolute atomic E-state index is 6.30. The summed E-state index contributed by atoms with van der Waals surface area (Å²) >= 11 is 18.3. The van der Waals surface area contributed by atoms with Crippen LogP contribution < -0.4 is 5.32 Å². The molecule has 2 aromatic carbocycles. The smallest absolute Gasteiger partial charge is 0.222 e. The minimum atomic E-state index is 0.341. The first-order valence-corrected chi connectivity index (χ1v) is 10.6. The molecule has 150 valence electrons. The van der Waals surface area contributed by atoms with E-state index in [1.54, 1.807) is 12.4 Å². The van der Waals surface area contributed by atoms with E-state index in [9.17, 15) is 0 Å². The molecular weight excluding hydrogens is 427 g/mol. The molecule has 1 saturated heterocycles. The molecule has 1 aromatic heterocycles. The van der Waals surface area contributed by atoms with Crippen LogP contribution >= 0.6 is 34.8 Å². The van der Waals surface area contributed by atoms with Gasteiger partial charge in [0.15, 0.2) is 0 Å². The van der Waals surface area contributed by atoms with E-state index >= 15 is 0 Å². The summed E-state index contributed by atoms with van der Waals surface area (Å²) in [5.74, 6) is 1.31. The number of nitrogens with one attached hydrogen (secondary N) is 1. The van der Waals surface area contributed by atoms with Gasteiger partial charge in [0.25, 0.3) is 0 Å². The van der Waals surface area contributed by atoms with E-state index in [4.69, 9.17) is 34.8 Å². The van der Waals surface area contributed by atoms with E-state index in [1.165, 1.54) is 11.1 Å². The number of anilines is 1. The predicted molar refractivity (Wildman–Crippen MR) is 120 cm³/mol. The lowest BCUT2D eigenvalue weighted by atomic mass is 9.89. The van der Waals surface area contributed by atoms with Crippen molar-refractivity contribution in [1.82, 2.24) is 14.9 Å². The largest absolute Gasteiger partial charge is 0.354 e. The molecule has 2 heterocycles. The van der Waals surface area contributed by atoms with Crippen molar-refractivity contribution >= 4 is 40.8 Å². The average Bonchev–Trinajstić information content (AvgIpc) is 3.13. The second kappa shape index (κ2) is 9.31. The summed E-state index contributed by atoms with van der Waals surface area (Å²) in [4.78, 5) is 11.0. The summed E-state index contributed by atoms with van der Waals surface area (Å²) in [5.41, 5.74) is 2.52. The van der Waals surface area contributed by atoms with Gasteiger partial charge in [0, 0.05) is 32.1 Å². The lowest BCUT2D eigenvalue weighted by molar-refractivity contribution is 0.317. The zero-order chi connectivity index (χ0) is 20.2. The summed E-state index contributed by atoms with van der Waals surface area (Å²) in [6.07, 6.45) is 3.20. The highest BCUT2D eigenvalue weighted by molar-refractivity contribution is 6.42. The highest BCUT2D eigenvalue weighted by Gasteiger charge is 2.34. The van der Waals surface area contributed by atoms with Gasteiger partial charge in [-0.15, -0.1) is 0 Å². The van der Waals surface area contributed by atoms with Crippen LogP contribution in [0.15, 0.2) is 60.9 Å². The third kappa shape index (κ3) is 5.20. The summed E-state index contributed by atoms with van der Waals surface area (Å²) in [6, 6.07) is 16.5. The molecule has 0 radical (unpaired) electrons. The first-order chi connectivity index (χ1) is 14.1. The minimum Gasteiger partial charge on any atom is -0.354 e. The van der Waals surface area contributed by atoms with Crippen molar-refractivity contribution in [3.05, 3.63) is 87.1 Å². The van der Waals surface area contributed by atoms with E-state index in [-0.39, 0.29) is 0 Å². The molecule has 29 heavy (non-hydrogen) atoms. The molecule has 0 spiro atoms. The van der Waals surface area contributed by atoms with Crippen molar-refractivity contribution in [2.75, 3.05) is 25.0 Å². The Bertz CT molecular complexity index is 950. The van der Waals surface area contributed by atoms with Gasteiger partial charge in [0.1, 0.15) is 0 Å². The van der Waals surface area contributed by atoms with E-state index in [0.29, 0.717) is 32.9 Å².